The number of esters is 1. The van der Waals surface area contributed by atoms with E-state index >= 15 is 0 Å². The van der Waals surface area contributed by atoms with Crippen LogP contribution in [0.15, 0.2) is 53.4 Å². The number of ether oxygens (including phenoxy) is 1. The number of carbonyl (C=O) groups is 2. The summed E-state index contributed by atoms with van der Waals surface area (Å²) in [5, 5.41) is 9.74. The highest BCUT2D eigenvalue weighted by molar-refractivity contribution is 7.92. The standard InChI is InChI=1S/C26H31N3O5S/c1-19-11-13-22(14-12-19)29(4)35(32,33)23-10-8-9-21(17-23)25(31)34-20(2)24(30)28(3)26(18-27)15-6-5-7-16-26/h8-14,17,20H,5-7,15-16H2,1-4H3/t20-/m0/s1. The van der Waals surface area contributed by atoms with E-state index < -0.39 is 33.5 Å². The summed E-state index contributed by atoms with van der Waals surface area (Å²) in [5.41, 5.74) is 0.603. The highest BCUT2D eigenvalue weighted by Gasteiger charge is 2.40. The molecule has 0 heterocycles. The van der Waals surface area contributed by atoms with Crippen molar-refractivity contribution in [3.8, 4) is 6.07 Å². The van der Waals surface area contributed by atoms with Gasteiger partial charge in [0.15, 0.2) is 6.10 Å². The Bertz CT molecular complexity index is 1230. The van der Waals surface area contributed by atoms with Crippen molar-refractivity contribution in [2.75, 3.05) is 18.4 Å². The molecule has 0 saturated heterocycles. The van der Waals surface area contributed by atoms with E-state index in [1.807, 2.05) is 19.1 Å². The van der Waals surface area contributed by atoms with Crippen molar-refractivity contribution < 1.29 is 22.7 Å². The Morgan fingerprint density at radius 1 is 1.06 bits per heavy atom. The quantitative estimate of drug-likeness (QED) is 0.534. The second-order valence-corrected chi connectivity index (χ2v) is 11.0. The van der Waals surface area contributed by atoms with Crippen molar-refractivity contribution in [2.45, 2.75) is 62.5 Å². The summed E-state index contributed by atoms with van der Waals surface area (Å²) in [6.07, 6.45) is 2.78. The van der Waals surface area contributed by atoms with Gasteiger partial charge in [0.1, 0.15) is 5.54 Å². The molecule has 2 aromatic carbocycles. The number of benzene rings is 2. The van der Waals surface area contributed by atoms with Crippen LogP contribution in [0.3, 0.4) is 0 Å². The van der Waals surface area contributed by atoms with Gasteiger partial charge in [-0.15, -0.1) is 0 Å². The van der Waals surface area contributed by atoms with E-state index in [1.54, 1.807) is 19.2 Å². The van der Waals surface area contributed by atoms with Crippen LogP contribution >= 0.6 is 0 Å². The first-order valence-corrected chi connectivity index (χ1v) is 13.0. The highest BCUT2D eigenvalue weighted by Crippen LogP contribution is 2.33. The maximum Gasteiger partial charge on any atom is 0.338 e. The smallest absolute Gasteiger partial charge is 0.338 e. The summed E-state index contributed by atoms with van der Waals surface area (Å²) < 4.78 is 32.8. The molecule has 1 saturated carbocycles. The van der Waals surface area contributed by atoms with E-state index in [4.69, 9.17) is 4.74 Å². The zero-order chi connectivity index (χ0) is 25.8. The number of sulfonamides is 1. The molecule has 3 rings (SSSR count). The molecule has 0 spiro atoms. The number of aryl methyl sites for hydroxylation is 1. The third-order valence-electron chi connectivity index (χ3n) is 6.62. The van der Waals surface area contributed by atoms with Crippen LogP contribution in [0.4, 0.5) is 5.69 Å². The van der Waals surface area contributed by atoms with Crippen LogP contribution in [-0.2, 0) is 19.6 Å². The molecule has 9 heteroatoms. The van der Waals surface area contributed by atoms with Crippen molar-refractivity contribution >= 4 is 27.6 Å². The van der Waals surface area contributed by atoms with Crippen LogP contribution in [0.25, 0.3) is 0 Å². The first-order chi connectivity index (χ1) is 16.5. The maximum absolute atomic E-state index is 13.1. The maximum atomic E-state index is 13.1. The Morgan fingerprint density at radius 2 is 1.69 bits per heavy atom. The van der Waals surface area contributed by atoms with Gasteiger partial charge in [0.2, 0.25) is 0 Å². The zero-order valence-corrected chi connectivity index (χ0v) is 21.3. The molecule has 0 aliphatic heterocycles. The fourth-order valence-electron chi connectivity index (χ4n) is 4.26. The van der Waals surface area contributed by atoms with Gasteiger partial charge in [0, 0.05) is 14.1 Å². The molecule has 0 N–H and O–H groups in total. The number of hydrogen-bond acceptors (Lipinski definition) is 6. The van der Waals surface area contributed by atoms with Crippen LogP contribution in [0.1, 0.15) is 54.9 Å². The lowest BCUT2D eigenvalue weighted by Gasteiger charge is -2.39. The van der Waals surface area contributed by atoms with Crippen molar-refractivity contribution in [3.05, 3.63) is 59.7 Å². The Hall–Kier alpha value is -3.38. The minimum absolute atomic E-state index is 0.0124. The zero-order valence-electron chi connectivity index (χ0n) is 20.5. The third-order valence-corrected chi connectivity index (χ3v) is 8.40. The average Bonchev–Trinajstić information content (AvgIpc) is 2.88. The highest BCUT2D eigenvalue weighted by atomic mass is 32.2. The van der Waals surface area contributed by atoms with Crippen LogP contribution in [-0.4, -0.2) is 50.9 Å². The molecule has 35 heavy (non-hydrogen) atoms. The molecular weight excluding hydrogens is 466 g/mol. The summed E-state index contributed by atoms with van der Waals surface area (Å²) in [6, 6.07) is 14.8. The largest absolute Gasteiger partial charge is 0.449 e. The number of nitriles is 1. The summed E-state index contributed by atoms with van der Waals surface area (Å²) in [5.74, 6) is -1.28. The van der Waals surface area contributed by atoms with Gasteiger partial charge in [-0.3, -0.25) is 9.10 Å². The predicted molar refractivity (Wildman–Crippen MR) is 132 cm³/mol. The number of carbonyl (C=O) groups excluding carboxylic acids is 2. The van der Waals surface area contributed by atoms with Gasteiger partial charge >= 0.3 is 5.97 Å². The van der Waals surface area contributed by atoms with E-state index in [2.05, 4.69) is 6.07 Å². The van der Waals surface area contributed by atoms with E-state index in [-0.39, 0.29) is 10.5 Å². The average molecular weight is 498 g/mol. The summed E-state index contributed by atoms with van der Waals surface area (Å²) in [4.78, 5) is 27.1. The molecule has 1 aliphatic rings. The molecule has 0 aromatic heterocycles. The molecule has 2 aromatic rings. The van der Waals surface area contributed by atoms with Crippen LogP contribution in [0.2, 0.25) is 0 Å². The van der Waals surface area contributed by atoms with Crippen molar-refractivity contribution in [2.24, 2.45) is 0 Å². The molecule has 0 bridgehead atoms. The SMILES string of the molecule is Cc1ccc(N(C)S(=O)(=O)c2cccc(C(=O)O[C@@H](C)C(=O)N(C)C3(C#N)CCCCC3)c2)cc1. The molecule has 1 aliphatic carbocycles. The van der Waals surface area contributed by atoms with E-state index in [0.717, 1.165) is 29.1 Å². The number of nitrogens with zero attached hydrogens (tertiary/aromatic N) is 3. The van der Waals surface area contributed by atoms with E-state index in [1.165, 1.54) is 43.1 Å². The van der Waals surface area contributed by atoms with Gasteiger partial charge in [-0.25, -0.2) is 13.2 Å². The monoisotopic (exact) mass is 497 g/mol. The number of likely N-dealkylation sites (N-methyl/N-ethyl adjacent to an activating group) is 1. The number of anilines is 1. The Kier molecular flexibility index (Phi) is 7.86. The second kappa shape index (κ2) is 10.5. The van der Waals surface area contributed by atoms with E-state index in [0.29, 0.717) is 18.5 Å². The van der Waals surface area contributed by atoms with Gasteiger partial charge in [-0.05, 0) is 57.0 Å². The van der Waals surface area contributed by atoms with Gasteiger partial charge in [0.05, 0.1) is 22.2 Å². The molecule has 1 amide bonds. The van der Waals surface area contributed by atoms with Gasteiger partial charge in [-0.1, -0.05) is 43.0 Å². The molecule has 1 atom stereocenters. The van der Waals surface area contributed by atoms with Crippen molar-refractivity contribution in [1.82, 2.24) is 4.90 Å². The molecule has 0 radical (unpaired) electrons. The van der Waals surface area contributed by atoms with Crippen LogP contribution in [0.5, 0.6) is 0 Å². The number of hydrogen-bond donors (Lipinski definition) is 0. The van der Waals surface area contributed by atoms with Crippen LogP contribution < -0.4 is 4.31 Å². The summed E-state index contributed by atoms with van der Waals surface area (Å²) in [7, 11) is -0.924. The van der Waals surface area contributed by atoms with Crippen LogP contribution in [0, 0.1) is 18.3 Å². The van der Waals surface area contributed by atoms with E-state index in [9.17, 15) is 23.3 Å². The van der Waals surface area contributed by atoms with Gasteiger partial charge in [0.25, 0.3) is 15.9 Å². The Morgan fingerprint density at radius 3 is 2.29 bits per heavy atom. The molecular formula is C26H31N3O5S. The first-order valence-electron chi connectivity index (χ1n) is 11.6. The fraction of sp³-hybridized carbons (Fsp3) is 0.423. The Labute approximate surface area is 207 Å². The second-order valence-electron chi connectivity index (χ2n) is 8.98. The fourth-order valence-corrected chi connectivity index (χ4v) is 5.50. The normalized spacial score (nSPS) is 16.0. The minimum atomic E-state index is -3.93. The van der Waals surface area contributed by atoms with Gasteiger partial charge < -0.3 is 9.64 Å². The lowest BCUT2D eigenvalue weighted by Crippen LogP contribution is -2.53. The molecule has 0 unspecified atom stereocenters. The first kappa shape index (κ1) is 26.2. The minimum Gasteiger partial charge on any atom is -0.449 e. The number of rotatable bonds is 7. The number of amides is 1. The lowest BCUT2D eigenvalue weighted by atomic mass is 9.81. The summed E-state index contributed by atoms with van der Waals surface area (Å²) in [6.45, 7) is 3.36. The third kappa shape index (κ3) is 5.49. The lowest BCUT2D eigenvalue weighted by molar-refractivity contribution is -0.143. The summed E-state index contributed by atoms with van der Waals surface area (Å²) >= 11 is 0. The molecule has 8 nitrogen and oxygen atoms in total. The predicted octanol–water partition coefficient (Wildman–Crippen LogP) is 4.05. The molecule has 186 valence electrons. The molecule has 1 fully saturated rings. The topological polar surface area (TPSA) is 108 Å². The van der Waals surface area contributed by atoms with Crippen molar-refractivity contribution in [1.29, 1.82) is 5.26 Å². The van der Waals surface area contributed by atoms with Gasteiger partial charge in [-0.2, -0.15) is 5.26 Å². The Balaban J connectivity index is 1.75. The van der Waals surface area contributed by atoms with Crippen molar-refractivity contribution in [3.63, 3.8) is 0 Å².